The van der Waals surface area contributed by atoms with Gasteiger partial charge in [0.1, 0.15) is 6.04 Å². The maximum Gasteiger partial charge on any atom is 0.320 e. The maximum atomic E-state index is 12.0. The van der Waals surface area contributed by atoms with Gasteiger partial charge in [0.25, 0.3) is 5.91 Å². The monoisotopic (exact) mass is 369 g/mol. The van der Waals surface area contributed by atoms with E-state index in [0.717, 1.165) is 12.8 Å². The summed E-state index contributed by atoms with van der Waals surface area (Å²) in [5.74, 6) is -1.47. The molecule has 8 heteroatoms. The summed E-state index contributed by atoms with van der Waals surface area (Å²) in [6.07, 6.45) is 3.19. The maximum absolute atomic E-state index is 12.0. The molecule has 2 rings (SSSR count). The van der Waals surface area contributed by atoms with E-state index in [1.807, 2.05) is 6.92 Å². The zero-order valence-electron chi connectivity index (χ0n) is 14.1. The summed E-state index contributed by atoms with van der Waals surface area (Å²) in [5.41, 5.74) is 0.995. The van der Waals surface area contributed by atoms with Crippen LogP contribution in [0.25, 0.3) is 0 Å². The molecule has 0 aliphatic heterocycles. The predicted octanol–water partition coefficient (Wildman–Crippen LogP) is 1.78. The lowest BCUT2D eigenvalue weighted by molar-refractivity contribution is -0.139. The van der Waals surface area contributed by atoms with E-state index in [1.54, 1.807) is 24.3 Å². The fourth-order valence-electron chi connectivity index (χ4n) is 2.26. The Labute approximate surface area is 153 Å². The number of anilines is 1. The Balaban J connectivity index is 0.00000312. The summed E-state index contributed by atoms with van der Waals surface area (Å²) in [4.78, 5) is 35.0. The Morgan fingerprint density at radius 3 is 2.60 bits per heavy atom. The minimum atomic E-state index is -0.969. The number of carbonyl (C=O) groups excluding carboxylic acids is 2. The average molecular weight is 370 g/mol. The van der Waals surface area contributed by atoms with E-state index in [0.29, 0.717) is 24.1 Å². The highest BCUT2D eigenvalue weighted by molar-refractivity contribution is 5.97. The van der Waals surface area contributed by atoms with Crippen LogP contribution in [-0.4, -0.2) is 41.5 Å². The van der Waals surface area contributed by atoms with Gasteiger partial charge >= 0.3 is 5.97 Å². The molecule has 0 aromatic heterocycles. The number of hydrogen-bond donors (Lipinski definition) is 4. The molecule has 0 saturated heterocycles. The minimum absolute atomic E-state index is 0. The normalized spacial score (nSPS) is 14.1. The SMILES string of the molecule is CCCC(NCC(=O)Nc1cccc(C(=O)NC2CC2)c1)C(=O)O.Cl. The number of benzene rings is 1. The van der Waals surface area contributed by atoms with Crippen molar-refractivity contribution in [3.63, 3.8) is 0 Å². The zero-order valence-corrected chi connectivity index (χ0v) is 14.9. The Kier molecular flexibility index (Phi) is 8.37. The molecule has 1 atom stereocenters. The van der Waals surface area contributed by atoms with Gasteiger partial charge < -0.3 is 15.7 Å². The van der Waals surface area contributed by atoms with Gasteiger partial charge in [-0.15, -0.1) is 12.4 Å². The van der Waals surface area contributed by atoms with Crippen LogP contribution in [0.1, 0.15) is 43.0 Å². The topological polar surface area (TPSA) is 108 Å². The predicted molar refractivity (Wildman–Crippen MR) is 97.1 cm³/mol. The number of amides is 2. The highest BCUT2D eigenvalue weighted by Gasteiger charge is 2.23. The van der Waals surface area contributed by atoms with Crippen molar-refractivity contribution in [1.29, 1.82) is 0 Å². The van der Waals surface area contributed by atoms with Crippen molar-refractivity contribution in [2.24, 2.45) is 0 Å². The number of nitrogens with one attached hydrogen (secondary N) is 3. The molecule has 1 aliphatic rings. The van der Waals surface area contributed by atoms with E-state index in [4.69, 9.17) is 5.11 Å². The number of carbonyl (C=O) groups is 3. The van der Waals surface area contributed by atoms with E-state index in [-0.39, 0.29) is 36.8 Å². The van der Waals surface area contributed by atoms with E-state index in [1.165, 1.54) is 0 Å². The first-order valence-electron chi connectivity index (χ1n) is 8.16. The molecular formula is C17H24ClN3O4. The Morgan fingerprint density at radius 2 is 2.00 bits per heavy atom. The summed E-state index contributed by atoms with van der Waals surface area (Å²) in [7, 11) is 0. The summed E-state index contributed by atoms with van der Waals surface area (Å²) in [6, 6.07) is 6.21. The van der Waals surface area contributed by atoms with Crippen LogP contribution in [0.3, 0.4) is 0 Å². The largest absolute Gasteiger partial charge is 0.480 e. The van der Waals surface area contributed by atoms with Gasteiger partial charge in [-0.1, -0.05) is 19.4 Å². The van der Waals surface area contributed by atoms with Crippen LogP contribution in [0.5, 0.6) is 0 Å². The fraction of sp³-hybridized carbons (Fsp3) is 0.471. The second kappa shape index (κ2) is 10.0. The second-order valence-electron chi connectivity index (χ2n) is 5.94. The molecule has 1 saturated carbocycles. The first kappa shape index (κ1) is 20.9. The molecule has 1 aromatic rings. The number of hydrogen-bond acceptors (Lipinski definition) is 4. The molecule has 0 heterocycles. The van der Waals surface area contributed by atoms with Crippen molar-refractivity contribution >= 4 is 35.9 Å². The molecule has 0 spiro atoms. The van der Waals surface area contributed by atoms with Crippen molar-refractivity contribution < 1.29 is 19.5 Å². The van der Waals surface area contributed by atoms with Crippen LogP contribution in [0.4, 0.5) is 5.69 Å². The quantitative estimate of drug-likeness (QED) is 0.530. The summed E-state index contributed by atoms with van der Waals surface area (Å²) in [5, 5.41) is 17.3. The van der Waals surface area contributed by atoms with Gasteiger partial charge in [0.15, 0.2) is 0 Å². The van der Waals surface area contributed by atoms with Gasteiger partial charge in [-0.25, -0.2) is 0 Å². The molecule has 1 unspecified atom stereocenters. The van der Waals surface area contributed by atoms with Crippen LogP contribution < -0.4 is 16.0 Å². The van der Waals surface area contributed by atoms with Crippen molar-refractivity contribution in [2.45, 2.75) is 44.7 Å². The number of aliphatic carboxylic acids is 1. The lowest BCUT2D eigenvalue weighted by Crippen LogP contribution is -2.41. The lowest BCUT2D eigenvalue weighted by Gasteiger charge is -2.13. The third-order valence-corrected chi connectivity index (χ3v) is 3.71. The molecule has 138 valence electrons. The number of carboxylic acids is 1. The standard InChI is InChI=1S/C17H23N3O4.ClH/c1-2-4-14(17(23)24)18-10-15(21)19-13-6-3-5-11(9-13)16(22)20-12-7-8-12;/h3,5-6,9,12,14,18H,2,4,7-8,10H2,1H3,(H,19,21)(H,20,22)(H,23,24);1H. The Morgan fingerprint density at radius 1 is 1.28 bits per heavy atom. The highest BCUT2D eigenvalue weighted by Crippen LogP contribution is 2.20. The van der Waals surface area contributed by atoms with E-state index >= 15 is 0 Å². The van der Waals surface area contributed by atoms with Crippen molar-refractivity contribution in [2.75, 3.05) is 11.9 Å². The van der Waals surface area contributed by atoms with Crippen molar-refractivity contribution in [3.8, 4) is 0 Å². The molecular weight excluding hydrogens is 346 g/mol. The summed E-state index contributed by atoms with van der Waals surface area (Å²) < 4.78 is 0. The highest BCUT2D eigenvalue weighted by atomic mass is 35.5. The van der Waals surface area contributed by atoms with E-state index < -0.39 is 12.0 Å². The van der Waals surface area contributed by atoms with Gasteiger partial charge in [-0.3, -0.25) is 19.7 Å². The van der Waals surface area contributed by atoms with Gasteiger partial charge in [-0.05, 0) is 37.5 Å². The van der Waals surface area contributed by atoms with Crippen molar-refractivity contribution in [3.05, 3.63) is 29.8 Å². The molecule has 0 radical (unpaired) electrons. The first-order chi connectivity index (χ1) is 11.5. The molecule has 1 fully saturated rings. The van der Waals surface area contributed by atoms with Gasteiger partial charge in [0.2, 0.25) is 5.91 Å². The fourth-order valence-corrected chi connectivity index (χ4v) is 2.26. The number of carboxylic acid groups (broad SMARTS) is 1. The number of rotatable bonds is 9. The lowest BCUT2D eigenvalue weighted by atomic mass is 10.1. The third kappa shape index (κ3) is 7.11. The Bertz CT molecular complexity index is 620. The molecule has 25 heavy (non-hydrogen) atoms. The second-order valence-corrected chi connectivity index (χ2v) is 5.94. The number of halogens is 1. The van der Waals surface area contributed by atoms with Crippen molar-refractivity contribution in [1.82, 2.24) is 10.6 Å². The molecule has 1 aromatic carbocycles. The molecule has 7 nitrogen and oxygen atoms in total. The van der Waals surface area contributed by atoms with Crippen LogP contribution in [0.2, 0.25) is 0 Å². The zero-order chi connectivity index (χ0) is 17.5. The smallest absolute Gasteiger partial charge is 0.320 e. The first-order valence-corrected chi connectivity index (χ1v) is 8.16. The molecule has 0 bridgehead atoms. The van der Waals surface area contributed by atoms with Gasteiger partial charge in [0.05, 0.1) is 6.54 Å². The average Bonchev–Trinajstić information content (AvgIpc) is 3.35. The van der Waals surface area contributed by atoms with Crippen LogP contribution in [0.15, 0.2) is 24.3 Å². The van der Waals surface area contributed by atoms with Gasteiger partial charge in [0, 0.05) is 17.3 Å². The molecule has 1 aliphatic carbocycles. The van der Waals surface area contributed by atoms with Crippen LogP contribution in [0, 0.1) is 0 Å². The van der Waals surface area contributed by atoms with Crippen LogP contribution >= 0.6 is 12.4 Å². The molecule has 2 amide bonds. The Hall–Kier alpha value is -2.12. The van der Waals surface area contributed by atoms with E-state index in [9.17, 15) is 14.4 Å². The van der Waals surface area contributed by atoms with E-state index in [2.05, 4.69) is 16.0 Å². The summed E-state index contributed by atoms with van der Waals surface area (Å²) >= 11 is 0. The minimum Gasteiger partial charge on any atom is -0.480 e. The van der Waals surface area contributed by atoms with Gasteiger partial charge in [-0.2, -0.15) is 0 Å². The third-order valence-electron chi connectivity index (χ3n) is 3.71. The van der Waals surface area contributed by atoms with Crippen LogP contribution in [-0.2, 0) is 9.59 Å². The molecule has 4 N–H and O–H groups in total. The summed E-state index contributed by atoms with van der Waals surface area (Å²) in [6.45, 7) is 1.78.